The van der Waals surface area contributed by atoms with E-state index in [-0.39, 0.29) is 5.91 Å². The van der Waals surface area contributed by atoms with E-state index >= 15 is 0 Å². The van der Waals surface area contributed by atoms with E-state index in [9.17, 15) is 18.7 Å². The summed E-state index contributed by atoms with van der Waals surface area (Å²) in [5.74, 6) is -2.01. The SMILES string of the molecule is CC1(C)Oc2ccc(SC(F)F)cc2[C@H](N2CCCC2=O)[C@H]1O. The minimum Gasteiger partial charge on any atom is -0.485 e. The molecule has 2 aliphatic heterocycles. The first kappa shape index (κ1) is 16.5. The highest BCUT2D eigenvalue weighted by molar-refractivity contribution is 7.99. The van der Waals surface area contributed by atoms with Crippen LogP contribution in [0.25, 0.3) is 0 Å². The van der Waals surface area contributed by atoms with E-state index in [0.717, 1.165) is 6.42 Å². The molecular weight excluding hydrogens is 324 g/mol. The van der Waals surface area contributed by atoms with Crippen molar-refractivity contribution in [2.24, 2.45) is 0 Å². The highest BCUT2D eigenvalue weighted by Gasteiger charge is 2.47. The number of carbonyl (C=O) groups is 1. The largest absolute Gasteiger partial charge is 0.485 e. The molecule has 23 heavy (non-hydrogen) atoms. The van der Waals surface area contributed by atoms with Crippen LogP contribution < -0.4 is 4.74 Å². The molecule has 0 aromatic heterocycles. The Kier molecular flexibility index (Phi) is 4.27. The lowest BCUT2D eigenvalue weighted by Gasteiger charge is -2.45. The summed E-state index contributed by atoms with van der Waals surface area (Å²) >= 11 is 0.444. The van der Waals surface area contributed by atoms with E-state index < -0.39 is 23.5 Å². The smallest absolute Gasteiger partial charge is 0.288 e. The van der Waals surface area contributed by atoms with Gasteiger partial charge in [-0.1, -0.05) is 11.8 Å². The maximum absolute atomic E-state index is 12.6. The normalized spacial score (nSPS) is 26.3. The number of aliphatic hydroxyl groups is 1. The molecule has 0 radical (unpaired) electrons. The van der Waals surface area contributed by atoms with Crippen LogP contribution in [0.5, 0.6) is 5.75 Å². The second-order valence-electron chi connectivity index (χ2n) is 6.36. The van der Waals surface area contributed by atoms with Gasteiger partial charge in [0.25, 0.3) is 5.76 Å². The number of likely N-dealkylation sites (tertiary alicyclic amines) is 1. The minimum absolute atomic E-state index is 0.0235. The lowest BCUT2D eigenvalue weighted by molar-refractivity contribution is -0.139. The van der Waals surface area contributed by atoms with Crippen LogP contribution in [0.4, 0.5) is 8.78 Å². The number of carbonyl (C=O) groups excluding carboxylic acids is 1. The van der Waals surface area contributed by atoms with Crippen molar-refractivity contribution in [1.82, 2.24) is 4.90 Å². The number of nitrogens with zero attached hydrogens (tertiary/aromatic N) is 1. The van der Waals surface area contributed by atoms with Crippen LogP contribution >= 0.6 is 11.8 Å². The zero-order valence-corrected chi connectivity index (χ0v) is 13.8. The predicted octanol–water partition coefficient (Wildman–Crippen LogP) is 3.20. The van der Waals surface area contributed by atoms with Gasteiger partial charge in [-0.3, -0.25) is 4.79 Å². The van der Waals surface area contributed by atoms with Crippen LogP contribution in [0.15, 0.2) is 23.1 Å². The Morgan fingerprint density at radius 3 is 2.78 bits per heavy atom. The minimum atomic E-state index is -2.52. The first-order valence-corrected chi connectivity index (χ1v) is 8.43. The molecule has 0 bridgehead atoms. The number of benzene rings is 1. The number of hydrogen-bond acceptors (Lipinski definition) is 4. The fourth-order valence-electron chi connectivity index (χ4n) is 3.22. The first-order valence-electron chi connectivity index (χ1n) is 7.55. The van der Waals surface area contributed by atoms with Gasteiger partial charge in [0.2, 0.25) is 5.91 Å². The monoisotopic (exact) mass is 343 g/mol. The van der Waals surface area contributed by atoms with Crippen LogP contribution in [0.2, 0.25) is 0 Å². The average Bonchev–Trinajstić information content (AvgIpc) is 2.86. The van der Waals surface area contributed by atoms with Crippen LogP contribution in [-0.4, -0.2) is 39.9 Å². The molecule has 0 spiro atoms. The van der Waals surface area contributed by atoms with E-state index in [1.807, 2.05) is 0 Å². The summed E-state index contributed by atoms with van der Waals surface area (Å²) < 4.78 is 31.1. The molecule has 0 saturated carbocycles. The van der Waals surface area contributed by atoms with Gasteiger partial charge in [-0.05, 0) is 38.5 Å². The lowest BCUT2D eigenvalue weighted by atomic mass is 9.85. The number of hydrogen-bond donors (Lipinski definition) is 1. The van der Waals surface area contributed by atoms with Gasteiger partial charge in [-0.25, -0.2) is 0 Å². The van der Waals surface area contributed by atoms with Crippen molar-refractivity contribution in [1.29, 1.82) is 0 Å². The number of fused-ring (bicyclic) bond motifs is 1. The summed E-state index contributed by atoms with van der Waals surface area (Å²) in [4.78, 5) is 14.2. The third-order valence-electron chi connectivity index (χ3n) is 4.36. The number of amides is 1. The van der Waals surface area contributed by atoms with Crippen molar-refractivity contribution in [3.05, 3.63) is 23.8 Å². The molecule has 1 amide bonds. The summed E-state index contributed by atoms with van der Waals surface area (Å²) in [5.41, 5.74) is -0.268. The summed E-state index contributed by atoms with van der Waals surface area (Å²) in [6.07, 6.45) is 0.263. The number of thioether (sulfide) groups is 1. The van der Waals surface area contributed by atoms with Gasteiger partial charge in [0, 0.05) is 23.4 Å². The molecule has 0 unspecified atom stereocenters. The van der Waals surface area contributed by atoms with Gasteiger partial charge in [0.15, 0.2) is 0 Å². The number of alkyl halides is 2. The number of halogens is 2. The van der Waals surface area contributed by atoms with Gasteiger partial charge < -0.3 is 14.7 Å². The Bertz CT molecular complexity index is 623. The summed E-state index contributed by atoms with van der Waals surface area (Å²) in [6, 6.07) is 4.25. The molecular formula is C16H19F2NO3S. The molecule has 7 heteroatoms. The Hall–Kier alpha value is -1.34. The standard InChI is InChI=1S/C16H19F2NO3S/c1-16(2)14(21)13(19-7-3-4-12(19)20)10-8-9(23-15(17)18)5-6-11(10)22-16/h5-6,8,13-15,21H,3-4,7H2,1-2H3/t13-,14+/m0/s1. The number of rotatable bonds is 3. The molecule has 0 aliphatic carbocycles. The molecule has 1 aromatic rings. The second-order valence-corrected chi connectivity index (χ2v) is 7.43. The topological polar surface area (TPSA) is 49.8 Å². The van der Waals surface area contributed by atoms with E-state index in [2.05, 4.69) is 0 Å². The Balaban J connectivity index is 2.05. The van der Waals surface area contributed by atoms with Crippen molar-refractivity contribution in [3.8, 4) is 5.75 Å². The molecule has 1 saturated heterocycles. The van der Waals surface area contributed by atoms with E-state index in [1.165, 1.54) is 0 Å². The van der Waals surface area contributed by atoms with Gasteiger partial charge in [0.1, 0.15) is 17.5 Å². The molecule has 2 atom stereocenters. The van der Waals surface area contributed by atoms with Crippen LogP contribution in [0.1, 0.15) is 38.3 Å². The maximum Gasteiger partial charge on any atom is 0.288 e. The highest BCUT2D eigenvalue weighted by atomic mass is 32.2. The predicted molar refractivity (Wildman–Crippen MR) is 82.7 cm³/mol. The molecule has 1 N–H and O–H groups in total. The molecule has 1 fully saturated rings. The van der Waals surface area contributed by atoms with Gasteiger partial charge in [-0.15, -0.1) is 0 Å². The first-order chi connectivity index (χ1) is 10.8. The van der Waals surface area contributed by atoms with Gasteiger partial charge in [-0.2, -0.15) is 8.78 Å². The van der Waals surface area contributed by atoms with Crippen molar-refractivity contribution in [2.45, 2.75) is 55.1 Å². The third kappa shape index (κ3) is 3.04. The summed E-state index contributed by atoms with van der Waals surface area (Å²) in [6.45, 7) is 4.08. The highest BCUT2D eigenvalue weighted by Crippen LogP contribution is 2.45. The zero-order valence-electron chi connectivity index (χ0n) is 13.0. The van der Waals surface area contributed by atoms with Gasteiger partial charge >= 0.3 is 0 Å². The molecule has 4 nitrogen and oxygen atoms in total. The van der Waals surface area contributed by atoms with Crippen LogP contribution in [0.3, 0.4) is 0 Å². The number of ether oxygens (including phenoxy) is 1. The van der Waals surface area contributed by atoms with Crippen molar-refractivity contribution in [2.75, 3.05) is 6.54 Å². The fraction of sp³-hybridized carbons (Fsp3) is 0.562. The van der Waals surface area contributed by atoms with Crippen molar-refractivity contribution in [3.63, 3.8) is 0 Å². The Morgan fingerprint density at radius 1 is 1.43 bits per heavy atom. The van der Waals surface area contributed by atoms with Crippen LogP contribution in [-0.2, 0) is 4.79 Å². The zero-order chi connectivity index (χ0) is 16.8. The Morgan fingerprint density at radius 2 is 2.17 bits per heavy atom. The van der Waals surface area contributed by atoms with Crippen LogP contribution in [0, 0.1) is 0 Å². The lowest BCUT2D eigenvalue weighted by Crippen LogP contribution is -2.53. The average molecular weight is 343 g/mol. The molecule has 2 heterocycles. The Labute approximate surface area is 137 Å². The summed E-state index contributed by atoms with van der Waals surface area (Å²) in [5, 5.41) is 10.7. The van der Waals surface area contributed by atoms with E-state index in [1.54, 1.807) is 36.9 Å². The summed E-state index contributed by atoms with van der Waals surface area (Å²) in [7, 11) is 0. The maximum atomic E-state index is 12.6. The molecule has 2 aliphatic rings. The second kappa shape index (κ2) is 5.94. The quantitative estimate of drug-likeness (QED) is 0.857. The molecule has 3 rings (SSSR count). The third-order valence-corrected chi connectivity index (χ3v) is 5.06. The fourth-order valence-corrected chi connectivity index (χ4v) is 3.77. The van der Waals surface area contributed by atoms with Gasteiger partial charge in [0.05, 0.1) is 6.04 Å². The van der Waals surface area contributed by atoms with E-state index in [0.29, 0.717) is 40.9 Å². The van der Waals surface area contributed by atoms with Crippen molar-refractivity contribution < 1.29 is 23.4 Å². The van der Waals surface area contributed by atoms with Crippen molar-refractivity contribution >= 4 is 17.7 Å². The molecule has 1 aromatic carbocycles. The molecule has 126 valence electrons. The number of aliphatic hydroxyl groups excluding tert-OH is 1. The van der Waals surface area contributed by atoms with E-state index in [4.69, 9.17) is 4.74 Å².